The number of methoxy groups -OCH3 is 2. The van der Waals surface area contributed by atoms with Gasteiger partial charge < -0.3 is 19.7 Å². The number of rotatable bonds is 6. The van der Waals surface area contributed by atoms with E-state index in [1.807, 2.05) is 18.2 Å². The van der Waals surface area contributed by atoms with Gasteiger partial charge >= 0.3 is 0 Å². The van der Waals surface area contributed by atoms with E-state index in [0.717, 1.165) is 55.5 Å². The van der Waals surface area contributed by atoms with Gasteiger partial charge in [-0.2, -0.15) is 5.26 Å². The number of carbonyl (C=O) groups excluding carboxylic acids is 1. The monoisotopic (exact) mass is 420 g/mol. The lowest BCUT2D eigenvalue weighted by molar-refractivity contribution is -0.920. The van der Waals surface area contributed by atoms with Crippen molar-refractivity contribution in [2.24, 2.45) is 0 Å². The molecule has 0 saturated heterocycles. The van der Waals surface area contributed by atoms with Crippen LogP contribution in [0.4, 0.5) is 0 Å². The summed E-state index contributed by atoms with van der Waals surface area (Å²) in [4.78, 5) is 14.2. The van der Waals surface area contributed by atoms with Crippen LogP contribution in [0.2, 0.25) is 0 Å². The van der Waals surface area contributed by atoms with Crippen LogP contribution in [0.25, 0.3) is 0 Å². The molecule has 6 nitrogen and oxygen atoms in total. The molecule has 2 aromatic carbocycles. The molecule has 4 rings (SSSR count). The van der Waals surface area contributed by atoms with Crippen LogP contribution < -0.4 is 19.7 Å². The van der Waals surface area contributed by atoms with Crippen molar-refractivity contribution >= 4 is 5.91 Å². The van der Waals surface area contributed by atoms with E-state index < -0.39 is 5.54 Å². The second-order valence-corrected chi connectivity index (χ2v) is 8.53. The van der Waals surface area contributed by atoms with Gasteiger partial charge in [0.15, 0.2) is 18.0 Å². The van der Waals surface area contributed by atoms with Crippen LogP contribution in [0.3, 0.4) is 0 Å². The van der Waals surface area contributed by atoms with E-state index in [1.165, 1.54) is 10.5 Å². The van der Waals surface area contributed by atoms with Gasteiger partial charge in [-0.3, -0.25) is 4.79 Å². The average Bonchev–Trinajstić information content (AvgIpc) is 3.27. The Bertz CT molecular complexity index is 977. The van der Waals surface area contributed by atoms with Crippen LogP contribution in [-0.4, -0.2) is 38.8 Å². The third-order valence-corrected chi connectivity index (χ3v) is 6.65. The summed E-state index contributed by atoms with van der Waals surface area (Å²) in [5, 5.41) is 12.7. The molecule has 1 unspecified atom stereocenters. The van der Waals surface area contributed by atoms with Crippen LogP contribution in [0.5, 0.6) is 11.5 Å². The van der Waals surface area contributed by atoms with Crippen LogP contribution in [0, 0.1) is 11.3 Å². The molecule has 1 aliphatic heterocycles. The van der Waals surface area contributed by atoms with Crippen molar-refractivity contribution in [2.75, 3.05) is 27.3 Å². The molecule has 1 heterocycles. The predicted molar refractivity (Wildman–Crippen MR) is 117 cm³/mol. The predicted octanol–water partition coefficient (Wildman–Crippen LogP) is 2.19. The lowest BCUT2D eigenvalue weighted by Gasteiger charge is -2.35. The largest absolute Gasteiger partial charge is 0.493 e. The lowest BCUT2D eigenvalue weighted by atomic mass is 9.87. The standard InChI is InChI=1S/C25H29N3O3/c1-30-21-14-19-10-13-28(16-23(29)27-25(17-26)11-6-7-12-25)24(18-8-4-3-5-9-18)20(19)15-22(21)31-2/h3-5,8-9,14-15,24H,6-7,10-13,16H2,1-2H3,(H,27,29)/p+1/t24-/m1/s1. The summed E-state index contributed by atoms with van der Waals surface area (Å²) in [5.74, 6) is 1.37. The molecule has 1 fully saturated rings. The Morgan fingerprint density at radius 1 is 1.16 bits per heavy atom. The Morgan fingerprint density at radius 2 is 1.84 bits per heavy atom. The molecule has 2 atom stereocenters. The molecule has 1 aliphatic carbocycles. The first-order chi connectivity index (χ1) is 15.1. The first kappa shape index (κ1) is 21.2. The molecule has 1 saturated carbocycles. The third kappa shape index (κ3) is 4.24. The zero-order valence-electron chi connectivity index (χ0n) is 18.2. The van der Waals surface area contributed by atoms with Crippen molar-refractivity contribution in [3.05, 3.63) is 59.2 Å². The number of quaternary nitrogens is 1. The molecular formula is C25H30N3O3+. The summed E-state index contributed by atoms with van der Waals surface area (Å²) in [5.41, 5.74) is 2.85. The van der Waals surface area contributed by atoms with Gasteiger partial charge in [-0.25, -0.2) is 0 Å². The highest BCUT2D eigenvalue weighted by molar-refractivity contribution is 5.78. The number of nitrogens with one attached hydrogen (secondary N) is 2. The van der Waals surface area contributed by atoms with Gasteiger partial charge in [0.2, 0.25) is 0 Å². The maximum atomic E-state index is 13.0. The number of nitrogens with zero attached hydrogens (tertiary/aromatic N) is 1. The second kappa shape index (κ2) is 8.99. The Kier molecular flexibility index (Phi) is 6.15. The van der Waals surface area contributed by atoms with Gasteiger partial charge in [-0.05, 0) is 43.4 Å². The van der Waals surface area contributed by atoms with E-state index in [9.17, 15) is 10.1 Å². The van der Waals surface area contributed by atoms with Crippen LogP contribution >= 0.6 is 0 Å². The van der Waals surface area contributed by atoms with E-state index >= 15 is 0 Å². The fourth-order valence-electron chi connectivity index (χ4n) is 5.09. The summed E-state index contributed by atoms with van der Waals surface area (Å²) in [7, 11) is 3.29. The highest BCUT2D eigenvalue weighted by atomic mass is 16.5. The summed E-state index contributed by atoms with van der Waals surface area (Å²) in [6.45, 7) is 1.16. The first-order valence-corrected chi connectivity index (χ1v) is 11.0. The van der Waals surface area contributed by atoms with Gasteiger partial charge in [0.25, 0.3) is 5.91 Å². The minimum Gasteiger partial charge on any atom is -0.493 e. The maximum Gasteiger partial charge on any atom is 0.276 e. The first-order valence-electron chi connectivity index (χ1n) is 11.0. The van der Waals surface area contributed by atoms with Gasteiger partial charge in [-0.1, -0.05) is 30.3 Å². The molecule has 2 aromatic rings. The highest BCUT2D eigenvalue weighted by Gasteiger charge is 2.39. The van der Waals surface area contributed by atoms with E-state index in [2.05, 4.69) is 35.7 Å². The van der Waals surface area contributed by atoms with Gasteiger partial charge in [0, 0.05) is 17.5 Å². The fraction of sp³-hybridized carbons (Fsp3) is 0.440. The van der Waals surface area contributed by atoms with Crippen molar-refractivity contribution in [1.82, 2.24) is 5.32 Å². The molecule has 6 heteroatoms. The zero-order chi connectivity index (χ0) is 21.8. The third-order valence-electron chi connectivity index (χ3n) is 6.65. The highest BCUT2D eigenvalue weighted by Crippen LogP contribution is 2.36. The minimum absolute atomic E-state index is 0.0112. The molecule has 2 aliphatic rings. The smallest absolute Gasteiger partial charge is 0.276 e. The Morgan fingerprint density at radius 3 is 2.48 bits per heavy atom. The SMILES string of the molecule is COc1cc2c(cc1OC)[C@@H](c1ccccc1)[NH+](CC(=O)NC1(C#N)CCCC1)CC2. The molecule has 0 aromatic heterocycles. The zero-order valence-corrected chi connectivity index (χ0v) is 18.2. The number of amides is 1. The summed E-state index contributed by atoms with van der Waals surface area (Å²) in [6.07, 6.45) is 4.32. The fourth-order valence-corrected chi connectivity index (χ4v) is 5.09. The molecule has 31 heavy (non-hydrogen) atoms. The summed E-state index contributed by atoms with van der Waals surface area (Å²) < 4.78 is 11.1. The normalized spacial score (nSPS) is 21.6. The van der Waals surface area contributed by atoms with E-state index in [1.54, 1.807) is 14.2 Å². The van der Waals surface area contributed by atoms with Gasteiger partial charge in [-0.15, -0.1) is 0 Å². The minimum atomic E-state index is -0.691. The van der Waals surface area contributed by atoms with Crippen molar-refractivity contribution < 1.29 is 19.2 Å². The maximum absolute atomic E-state index is 13.0. The quantitative estimate of drug-likeness (QED) is 0.751. The topological polar surface area (TPSA) is 75.8 Å². The molecule has 2 N–H and O–H groups in total. The number of carbonyl (C=O) groups is 1. The molecule has 1 amide bonds. The molecule has 0 radical (unpaired) electrons. The van der Waals surface area contributed by atoms with Crippen LogP contribution in [-0.2, 0) is 11.2 Å². The number of fused-ring (bicyclic) bond motifs is 1. The number of hydrogen-bond acceptors (Lipinski definition) is 4. The van der Waals surface area contributed by atoms with E-state index in [0.29, 0.717) is 12.3 Å². The number of nitriles is 1. The number of hydrogen-bond donors (Lipinski definition) is 2. The van der Waals surface area contributed by atoms with Crippen molar-refractivity contribution in [3.8, 4) is 17.6 Å². The van der Waals surface area contributed by atoms with Crippen molar-refractivity contribution in [2.45, 2.75) is 43.7 Å². The van der Waals surface area contributed by atoms with Gasteiger partial charge in [0.1, 0.15) is 11.6 Å². The number of benzene rings is 2. The molecule has 162 valence electrons. The van der Waals surface area contributed by atoms with E-state index in [-0.39, 0.29) is 11.9 Å². The summed E-state index contributed by atoms with van der Waals surface area (Å²) in [6, 6.07) is 16.8. The molecular weight excluding hydrogens is 390 g/mol. The van der Waals surface area contributed by atoms with E-state index in [4.69, 9.17) is 9.47 Å². The van der Waals surface area contributed by atoms with Crippen molar-refractivity contribution in [1.29, 1.82) is 5.26 Å². The second-order valence-electron chi connectivity index (χ2n) is 8.53. The van der Waals surface area contributed by atoms with Gasteiger partial charge in [0.05, 0.1) is 26.8 Å². The lowest BCUT2D eigenvalue weighted by Crippen LogP contribution is -3.14. The Labute approximate surface area is 183 Å². The summed E-state index contributed by atoms with van der Waals surface area (Å²) >= 11 is 0. The molecule has 0 spiro atoms. The Balaban J connectivity index is 1.65. The van der Waals surface area contributed by atoms with Crippen LogP contribution in [0.15, 0.2) is 42.5 Å². The van der Waals surface area contributed by atoms with Crippen molar-refractivity contribution in [3.63, 3.8) is 0 Å². The number of ether oxygens (including phenoxy) is 2. The average molecular weight is 421 g/mol. The Hall–Kier alpha value is -3.04. The molecule has 0 bridgehead atoms. The van der Waals surface area contributed by atoms with Crippen LogP contribution in [0.1, 0.15) is 48.4 Å².